The van der Waals surface area contributed by atoms with E-state index in [2.05, 4.69) is 50.1 Å². The van der Waals surface area contributed by atoms with Gasteiger partial charge in [-0.3, -0.25) is 4.99 Å². The molecule has 2 aromatic rings. The van der Waals surface area contributed by atoms with Crippen molar-refractivity contribution in [1.29, 1.82) is 0 Å². The van der Waals surface area contributed by atoms with E-state index in [0.717, 1.165) is 15.7 Å². The number of benzene rings is 2. The Labute approximate surface area is 122 Å². The van der Waals surface area contributed by atoms with E-state index in [1.807, 2.05) is 44.6 Å². The highest BCUT2D eigenvalue weighted by atomic mass is 79.9. The number of rotatable bonds is 3. The molecule has 0 bridgehead atoms. The number of hydrogen-bond acceptors (Lipinski definition) is 2. The monoisotopic (exact) mass is 320 g/mol. The Hall–Kier alpha value is -1.65. The van der Waals surface area contributed by atoms with E-state index in [9.17, 15) is 0 Å². The van der Waals surface area contributed by atoms with Crippen LogP contribution in [0, 0.1) is 0 Å². The molecule has 0 atom stereocenters. The molecule has 0 radical (unpaired) electrons. The second kappa shape index (κ2) is 7.07. The van der Waals surface area contributed by atoms with E-state index >= 15 is 0 Å². The molecule has 2 N–H and O–H groups in total. The van der Waals surface area contributed by atoms with Gasteiger partial charge in [0.15, 0.2) is 0 Å². The van der Waals surface area contributed by atoms with Crippen molar-refractivity contribution in [3.05, 3.63) is 58.6 Å². The van der Waals surface area contributed by atoms with E-state index in [0.29, 0.717) is 0 Å². The SMILES string of the molecule is CN(C)c1ccc(C=Nc2ccc(Br)cc2)cc1.O. The van der Waals surface area contributed by atoms with Crippen molar-refractivity contribution in [2.75, 3.05) is 19.0 Å². The summed E-state index contributed by atoms with van der Waals surface area (Å²) in [5.41, 5.74) is 3.24. The first-order valence-electron chi connectivity index (χ1n) is 5.72. The van der Waals surface area contributed by atoms with Crippen LogP contribution < -0.4 is 4.90 Å². The molecule has 0 aliphatic rings. The minimum atomic E-state index is 0. The van der Waals surface area contributed by atoms with Crippen molar-refractivity contribution in [3.63, 3.8) is 0 Å². The first kappa shape index (κ1) is 15.4. The number of nitrogens with zero attached hydrogens (tertiary/aromatic N) is 2. The van der Waals surface area contributed by atoms with Gasteiger partial charge in [-0.05, 0) is 42.0 Å². The number of anilines is 1. The molecule has 19 heavy (non-hydrogen) atoms. The van der Waals surface area contributed by atoms with Gasteiger partial charge in [0, 0.05) is 30.5 Å². The van der Waals surface area contributed by atoms with Gasteiger partial charge < -0.3 is 10.4 Å². The summed E-state index contributed by atoms with van der Waals surface area (Å²) >= 11 is 3.41. The predicted molar refractivity (Wildman–Crippen MR) is 85.8 cm³/mol. The minimum absolute atomic E-state index is 0. The van der Waals surface area contributed by atoms with Crippen molar-refractivity contribution in [2.45, 2.75) is 0 Å². The van der Waals surface area contributed by atoms with Gasteiger partial charge in [-0.1, -0.05) is 28.1 Å². The molecule has 0 fully saturated rings. The van der Waals surface area contributed by atoms with Crippen molar-refractivity contribution in [1.82, 2.24) is 0 Å². The van der Waals surface area contributed by atoms with Crippen LogP contribution in [-0.2, 0) is 0 Å². The maximum Gasteiger partial charge on any atom is 0.0630 e. The topological polar surface area (TPSA) is 47.1 Å². The lowest BCUT2D eigenvalue weighted by molar-refractivity contribution is 0.824. The Morgan fingerprint density at radius 2 is 1.53 bits per heavy atom. The standard InChI is InChI=1S/C15H15BrN2.H2O/c1-18(2)15-9-3-12(4-10-15)11-17-14-7-5-13(16)6-8-14;/h3-11H,1-2H3;1H2. The van der Waals surface area contributed by atoms with Crippen LogP contribution in [0.1, 0.15) is 5.56 Å². The van der Waals surface area contributed by atoms with Crippen LogP contribution in [0.2, 0.25) is 0 Å². The Morgan fingerprint density at radius 1 is 0.947 bits per heavy atom. The summed E-state index contributed by atoms with van der Waals surface area (Å²) in [6.07, 6.45) is 1.88. The summed E-state index contributed by atoms with van der Waals surface area (Å²) in [4.78, 5) is 6.51. The molecule has 4 heteroatoms. The number of halogens is 1. The highest BCUT2D eigenvalue weighted by Gasteiger charge is 1.94. The predicted octanol–water partition coefficient (Wildman–Crippen LogP) is 3.44. The van der Waals surface area contributed by atoms with Crippen LogP contribution in [0.15, 0.2) is 58.0 Å². The van der Waals surface area contributed by atoms with Gasteiger partial charge in [-0.2, -0.15) is 0 Å². The zero-order chi connectivity index (χ0) is 13.0. The van der Waals surface area contributed by atoms with Gasteiger partial charge in [0.1, 0.15) is 0 Å². The normalized spacial score (nSPS) is 10.3. The first-order chi connectivity index (χ1) is 8.65. The molecule has 2 rings (SSSR count). The molecule has 3 nitrogen and oxygen atoms in total. The third-order valence-corrected chi connectivity index (χ3v) is 3.13. The smallest absolute Gasteiger partial charge is 0.0630 e. The van der Waals surface area contributed by atoms with E-state index < -0.39 is 0 Å². The average molecular weight is 321 g/mol. The van der Waals surface area contributed by atoms with Gasteiger partial charge in [0.05, 0.1) is 5.69 Å². The van der Waals surface area contributed by atoms with Gasteiger partial charge in [-0.15, -0.1) is 0 Å². The average Bonchev–Trinajstić information content (AvgIpc) is 2.38. The van der Waals surface area contributed by atoms with Gasteiger partial charge in [0.2, 0.25) is 0 Å². The Bertz CT molecular complexity index is 533. The third kappa shape index (κ3) is 4.50. The zero-order valence-electron chi connectivity index (χ0n) is 11.0. The van der Waals surface area contributed by atoms with Crippen LogP contribution in [0.25, 0.3) is 0 Å². The van der Waals surface area contributed by atoms with Crippen molar-refractivity contribution >= 4 is 33.5 Å². The lowest BCUT2D eigenvalue weighted by Crippen LogP contribution is -2.08. The zero-order valence-corrected chi connectivity index (χ0v) is 12.6. The molecular formula is C15H17BrN2O. The Balaban J connectivity index is 0.00000180. The molecule has 100 valence electrons. The van der Waals surface area contributed by atoms with E-state index in [-0.39, 0.29) is 5.48 Å². The molecular weight excluding hydrogens is 304 g/mol. The molecule has 0 aromatic heterocycles. The third-order valence-electron chi connectivity index (χ3n) is 2.60. The fourth-order valence-electron chi connectivity index (χ4n) is 1.53. The maximum atomic E-state index is 4.43. The first-order valence-corrected chi connectivity index (χ1v) is 6.51. The quantitative estimate of drug-likeness (QED) is 0.799. The molecule has 0 aliphatic heterocycles. The molecule has 0 saturated carbocycles. The van der Waals surface area contributed by atoms with E-state index in [4.69, 9.17) is 0 Å². The van der Waals surface area contributed by atoms with Crippen LogP contribution in [0.5, 0.6) is 0 Å². The molecule has 0 unspecified atom stereocenters. The number of hydrogen-bond donors (Lipinski definition) is 0. The van der Waals surface area contributed by atoms with Crippen LogP contribution >= 0.6 is 15.9 Å². The van der Waals surface area contributed by atoms with Crippen molar-refractivity contribution in [3.8, 4) is 0 Å². The lowest BCUT2D eigenvalue weighted by Gasteiger charge is -2.11. The summed E-state index contributed by atoms with van der Waals surface area (Å²) in [6, 6.07) is 16.2. The van der Waals surface area contributed by atoms with Crippen molar-refractivity contribution < 1.29 is 5.48 Å². The van der Waals surface area contributed by atoms with Crippen LogP contribution in [0.4, 0.5) is 11.4 Å². The second-order valence-electron chi connectivity index (χ2n) is 4.22. The molecule has 2 aromatic carbocycles. The number of aliphatic imine (C=N–C) groups is 1. The van der Waals surface area contributed by atoms with E-state index in [1.165, 1.54) is 5.69 Å². The summed E-state index contributed by atoms with van der Waals surface area (Å²) < 4.78 is 1.07. The summed E-state index contributed by atoms with van der Waals surface area (Å²) in [7, 11) is 4.07. The summed E-state index contributed by atoms with van der Waals surface area (Å²) in [5, 5.41) is 0. The summed E-state index contributed by atoms with van der Waals surface area (Å²) in [5.74, 6) is 0. The largest absolute Gasteiger partial charge is 0.412 e. The fraction of sp³-hybridized carbons (Fsp3) is 0.133. The highest BCUT2D eigenvalue weighted by Crippen LogP contribution is 2.17. The molecule has 0 saturated heterocycles. The van der Waals surface area contributed by atoms with Gasteiger partial charge >= 0.3 is 0 Å². The van der Waals surface area contributed by atoms with E-state index in [1.54, 1.807) is 0 Å². The summed E-state index contributed by atoms with van der Waals surface area (Å²) in [6.45, 7) is 0. The molecule has 0 aliphatic carbocycles. The van der Waals surface area contributed by atoms with Gasteiger partial charge in [0.25, 0.3) is 0 Å². The molecule has 0 spiro atoms. The van der Waals surface area contributed by atoms with Crippen LogP contribution in [-0.4, -0.2) is 25.8 Å². The molecule has 0 heterocycles. The minimum Gasteiger partial charge on any atom is -0.412 e. The molecule has 0 amide bonds. The highest BCUT2D eigenvalue weighted by molar-refractivity contribution is 9.10. The lowest BCUT2D eigenvalue weighted by atomic mass is 10.2. The Morgan fingerprint density at radius 3 is 2.05 bits per heavy atom. The van der Waals surface area contributed by atoms with Crippen molar-refractivity contribution in [2.24, 2.45) is 4.99 Å². The van der Waals surface area contributed by atoms with Gasteiger partial charge in [-0.25, -0.2) is 0 Å². The second-order valence-corrected chi connectivity index (χ2v) is 5.14. The van der Waals surface area contributed by atoms with Crippen LogP contribution in [0.3, 0.4) is 0 Å². The maximum absolute atomic E-state index is 4.43. The Kier molecular flexibility index (Phi) is 5.73. The fourth-order valence-corrected chi connectivity index (χ4v) is 1.80.